The van der Waals surface area contributed by atoms with E-state index in [1.54, 1.807) is 13.8 Å². The molecule has 0 spiro atoms. The molecule has 0 aliphatic carbocycles. The molecule has 10 nitrogen and oxygen atoms in total. The average molecular weight is 576 g/mol. The van der Waals surface area contributed by atoms with Crippen molar-refractivity contribution in [1.82, 2.24) is 9.62 Å². The molecule has 4 rings (SSSR count). The number of nitrogens with two attached hydrogens (primary N) is 1. The van der Waals surface area contributed by atoms with E-state index in [2.05, 4.69) is 5.32 Å². The van der Waals surface area contributed by atoms with E-state index >= 15 is 0 Å². The number of anilines is 1. The zero-order valence-corrected chi connectivity index (χ0v) is 24.4. The van der Waals surface area contributed by atoms with Crippen molar-refractivity contribution >= 4 is 21.8 Å². The number of carbonyl (C=O) groups excluding carboxylic acids is 1. The number of nitrogen functional groups attached to an aromatic ring is 1. The van der Waals surface area contributed by atoms with Gasteiger partial charge in [-0.1, -0.05) is 44.2 Å². The Labute approximate surface area is 236 Å². The molecular formula is C29H41N3O7S. The summed E-state index contributed by atoms with van der Waals surface area (Å²) in [5, 5.41) is 15.0. The minimum absolute atomic E-state index is 0.0263. The van der Waals surface area contributed by atoms with Crippen molar-refractivity contribution in [3.05, 3.63) is 60.2 Å². The van der Waals surface area contributed by atoms with Crippen molar-refractivity contribution in [2.45, 2.75) is 69.0 Å². The summed E-state index contributed by atoms with van der Waals surface area (Å²) in [5.74, 6) is -0.0696. The van der Waals surface area contributed by atoms with Crippen LogP contribution in [0, 0.1) is 11.8 Å². The Bertz CT molecular complexity index is 1250. The predicted octanol–water partition coefficient (Wildman–Crippen LogP) is 3.16. The van der Waals surface area contributed by atoms with Crippen molar-refractivity contribution in [2.24, 2.45) is 11.8 Å². The van der Waals surface area contributed by atoms with Gasteiger partial charge in [-0.15, -0.1) is 0 Å². The third-order valence-electron chi connectivity index (χ3n) is 7.78. The number of benzene rings is 2. The number of hydrogen-bond acceptors (Lipinski definition) is 8. The first kappa shape index (κ1) is 30.3. The second kappa shape index (κ2) is 12.0. The molecule has 2 aliphatic rings. The molecule has 2 aromatic carbocycles. The number of rotatable bonds is 11. The monoisotopic (exact) mass is 575 g/mol. The Hall–Kier alpha value is -2.70. The molecule has 2 heterocycles. The first-order valence-corrected chi connectivity index (χ1v) is 15.1. The second-order valence-corrected chi connectivity index (χ2v) is 13.6. The van der Waals surface area contributed by atoms with Crippen LogP contribution in [-0.2, 0) is 30.7 Å². The van der Waals surface area contributed by atoms with E-state index in [0.717, 1.165) is 12.0 Å². The standard InChI is InChI=1S/C29H41N3O7S/c1-20(2)17-32(40(35,36)23-12-10-22(30)11-13-23)19-29(4,34)28(3,16-21-8-6-5-7-9-21)31-27(33)39-25-18-38-26-24(25)14-15-37-26/h5-13,20,24-26,34H,14-19,30H2,1-4H3,(H,31,33). The molecule has 220 valence electrons. The number of carbonyl (C=O) groups is 1. The Morgan fingerprint density at radius 2 is 1.82 bits per heavy atom. The minimum atomic E-state index is -3.99. The maximum Gasteiger partial charge on any atom is 0.408 e. The molecule has 0 bridgehead atoms. The number of nitrogens with zero attached hydrogens (tertiary/aromatic N) is 1. The summed E-state index contributed by atoms with van der Waals surface area (Å²) < 4.78 is 45.6. The van der Waals surface area contributed by atoms with Gasteiger partial charge in [0.2, 0.25) is 10.0 Å². The predicted molar refractivity (Wildman–Crippen MR) is 151 cm³/mol. The Balaban J connectivity index is 1.61. The largest absolute Gasteiger partial charge is 0.443 e. The van der Waals surface area contributed by atoms with Gasteiger partial charge >= 0.3 is 6.09 Å². The first-order valence-electron chi connectivity index (χ1n) is 13.6. The van der Waals surface area contributed by atoms with Crippen molar-refractivity contribution < 1.29 is 32.5 Å². The molecule has 11 heteroatoms. The highest BCUT2D eigenvalue weighted by Gasteiger charge is 2.49. The molecular weight excluding hydrogens is 534 g/mol. The lowest BCUT2D eigenvalue weighted by Crippen LogP contribution is -2.66. The third-order valence-corrected chi connectivity index (χ3v) is 9.61. The van der Waals surface area contributed by atoms with Crippen LogP contribution in [0.5, 0.6) is 0 Å². The van der Waals surface area contributed by atoms with Gasteiger partial charge in [0.15, 0.2) is 6.29 Å². The SMILES string of the molecule is CC(C)CN(CC(C)(O)C(C)(Cc1ccccc1)NC(=O)OC1COC2OCCC12)S(=O)(=O)c1ccc(N)cc1. The van der Waals surface area contributed by atoms with Crippen LogP contribution in [0.1, 0.15) is 39.7 Å². The van der Waals surface area contributed by atoms with Crippen LogP contribution in [0.15, 0.2) is 59.5 Å². The van der Waals surface area contributed by atoms with Crippen LogP contribution < -0.4 is 11.1 Å². The zero-order chi connectivity index (χ0) is 29.1. The molecule has 0 saturated carbocycles. The number of aliphatic hydroxyl groups is 1. The fourth-order valence-electron chi connectivity index (χ4n) is 5.27. The van der Waals surface area contributed by atoms with E-state index in [1.165, 1.54) is 28.6 Å². The second-order valence-electron chi connectivity index (χ2n) is 11.6. The van der Waals surface area contributed by atoms with Crippen molar-refractivity contribution in [3.63, 3.8) is 0 Å². The van der Waals surface area contributed by atoms with Crippen LogP contribution in [0.2, 0.25) is 0 Å². The molecule has 2 aromatic rings. The van der Waals surface area contributed by atoms with Gasteiger partial charge in [0, 0.05) is 18.8 Å². The summed E-state index contributed by atoms with van der Waals surface area (Å²) >= 11 is 0. The molecule has 5 unspecified atom stereocenters. The van der Waals surface area contributed by atoms with Crippen molar-refractivity contribution in [1.29, 1.82) is 0 Å². The van der Waals surface area contributed by atoms with Gasteiger partial charge in [-0.3, -0.25) is 0 Å². The van der Waals surface area contributed by atoms with Crippen LogP contribution in [0.25, 0.3) is 0 Å². The summed E-state index contributed by atoms with van der Waals surface area (Å²) in [6, 6.07) is 15.4. The molecule has 4 N–H and O–H groups in total. The molecule has 0 aromatic heterocycles. The molecule has 2 aliphatic heterocycles. The first-order chi connectivity index (χ1) is 18.8. The Kier molecular flexibility index (Phi) is 9.11. The summed E-state index contributed by atoms with van der Waals surface area (Å²) in [4.78, 5) is 13.3. The number of sulfonamides is 1. The fourth-order valence-corrected chi connectivity index (χ4v) is 6.97. The van der Waals surface area contributed by atoms with Gasteiger partial charge < -0.3 is 30.4 Å². The summed E-state index contributed by atoms with van der Waals surface area (Å²) in [5.41, 5.74) is 4.04. The number of hydrogen-bond donors (Lipinski definition) is 3. The number of fused-ring (bicyclic) bond motifs is 1. The number of nitrogens with one attached hydrogen (secondary N) is 1. The van der Waals surface area contributed by atoms with Crippen molar-refractivity contribution in [3.8, 4) is 0 Å². The van der Waals surface area contributed by atoms with Crippen molar-refractivity contribution in [2.75, 3.05) is 32.0 Å². The zero-order valence-electron chi connectivity index (χ0n) is 23.6. The molecule has 2 fully saturated rings. The Morgan fingerprint density at radius 1 is 1.15 bits per heavy atom. The highest BCUT2D eigenvalue weighted by atomic mass is 32.2. The number of ether oxygens (including phenoxy) is 3. The van der Waals surface area contributed by atoms with Gasteiger partial charge in [-0.2, -0.15) is 4.31 Å². The molecule has 0 radical (unpaired) electrons. The summed E-state index contributed by atoms with van der Waals surface area (Å²) in [6.45, 7) is 7.73. The van der Waals surface area contributed by atoms with E-state index in [0.29, 0.717) is 12.3 Å². The van der Waals surface area contributed by atoms with Gasteiger partial charge in [-0.05, 0) is 62.4 Å². The molecule has 1 amide bonds. The van der Waals surface area contributed by atoms with E-state index in [9.17, 15) is 18.3 Å². The van der Waals surface area contributed by atoms with Gasteiger partial charge in [0.1, 0.15) is 6.10 Å². The van der Waals surface area contributed by atoms with E-state index < -0.39 is 33.4 Å². The van der Waals surface area contributed by atoms with E-state index in [1.807, 2.05) is 44.2 Å². The van der Waals surface area contributed by atoms with E-state index in [4.69, 9.17) is 19.9 Å². The smallest absolute Gasteiger partial charge is 0.408 e. The average Bonchev–Trinajstić information content (AvgIpc) is 3.49. The van der Waals surface area contributed by atoms with Gasteiger partial charge in [0.05, 0.1) is 35.2 Å². The highest BCUT2D eigenvalue weighted by Crippen LogP contribution is 2.34. The molecule has 40 heavy (non-hydrogen) atoms. The highest BCUT2D eigenvalue weighted by molar-refractivity contribution is 7.89. The quantitative estimate of drug-likeness (QED) is 0.347. The molecule has 2 saturated heterocycles. The fraction of sp³-hybridized carbons (Fsp3) is 0.552. The third kappa shape index (κ3) is 6.77. The van der Waals surface area contributed by atoms with E-state index in [-0.39, 0.29) is 49.1 Å². The number of amides is 1. The van der Waals surface area contributed by atoms with Crippen LogP contribution in [0.4, 0.5) is 10.5 Å². The van der Waals surface area contributed by atoms with Crippen LogP contribution >= 0.6 is 0 Å². The maximum absolute atomic E-state index is 13.7. The summed E-state index contributed by atoms with van der Waals surface area (Å²) in [6.07, 6.45) is -0.600. The minimum Gasteiger partial charge on any atom is -0.443 e. The maximum atomic E-state index is 13.7. The number of alkyl carbamates (subject to hydrolysis) is 1. The topological polar surface area (TPSA) is 140 Å². The van der Waals surface area contributed by atoms with Crippen LogP contribution in [0.3, 0.4) is 0 Å². The summed E-state index contributed by atoms with van der Waals surface area (Å²) in [7, 11) is -3.99. The van der Waals surface area contributed by atoms with Gasteiger partial charge in [-0.25, -0.2) is 13.2 Å². The normalized spacial score (nSPS) is 23.9. The molecule has 5 atom stereocenters. The van der Waals surface area contributed by atoms with Gasteiger partial charge in [0.25, 0.3) is 0 Å². The Morgan fingerprint density at radius 3 is 2.48 bits per heavy atom. The lowest BCUT2D eigenvalue weighted by atomic mass is 9.77. The van der Waals surface area contributed by atoms with Crippen LogP contribution in [-0.4, -0.2) is 73.8 Å². The lowest BCUT2D eigenvalue weighted by molar-refractivity contribution is -0.0907. The lowest BCUT2D eigenvalue weighted by Gasteiger charge is -2.45.